The first-order valence-corrected chi connectivity index (χ1v) is 11.1. The molecule has 1 fully saturated rings. The Morgan fingerprint density at radius 2 is 1.96 bits per heavy atom. The van der Waals surface area contributed by atoms with Gasteiger partial charge in [0, 0.05) is 29.8 Å². The normalized spacial score (nSPS) is 22.2. The molecular formula is C16H22FN3O3S2. The number of nitrogens with one attached hydrogen (secondary N) is 2. The standard InChI is InChI=1S/C16H22FN3O3S2/c1-25(22,23)20-7-4-12(5-8-20)18-16(21)19-14-6-9-24-15-3-2-11(17)10-13(14)15/h2-3,10,12,14H,4-9H2,1H3,(H2,18,19,21). The molecule has 1 saturated heterocycles. The summed E-state index contributed by atoms with van der Waals surface area (Å²) in [4.78, 5) is 13.3. The molecule has 0 aromatic heterocycles. The van der Waals surface area contributed by atoms with Gasteiger partial charge in [-0.1, -0.05) is 0 Å². The van der Waals surface area contributed by atoms with Gasteiger partial charge in [-0.05, 0) is 43.0 Å². The number of sulfonamides is 1. The van der Waals surface area contributed by atoms with Crippen molar-refractivity contribution < 1.29 is 17.6 Å². The maximum atomic E-state index is 13.5. The Morgan fingerprint density at radius 1 is 1.24 bits per heavy atom. The summed E-state index contributed by atoms with van der Waals surface area (Å²) < 4.78 is 38.0. The number of urea groups is 1. The lowest BCUT2D eigenvalue weighted by Crippen LogP contribution is -2.49. The van der Waals surface area contributed by atoms with Crippen LogP contribution in [-0.2, 0) is 10.0 Å². The minimum Gasteiger partial charge on any atom is -0.335 e. The lowest BCUT2D eigenvalue weighted by Gasteiger charge is -2.32. The predicted molar refractivity (Wildman–Crippen MR) is 95.6 cm³/mol. The molecule has 138 valence electrons. The van der Waals surface area contributed by atoms with Gasteiger partial charge in [-0.15, -0.1) is 11.8 Å². The molecule has 2 amide bonds. The van der Waals surface area contributed by atoms with Crippen molar-refractivity contribution in [1.29, 1.82) is 0 Å². The number of hydrogen-bond acceptors (Lipinski definition) is 4. The van der Waals surface area contributed by atoms with E-state index < -0.39 is 10.0 Å². The number of halogens is 1. The molecule has 3 rings (SSSR count). The van der Waals surface area contributed by atoms with E-state index in [1.165, 1.54) is 22.7 Å². The van der Waals surface area contributed by atoms with E-state index in [1.54, 1.807) is 17.8 Å². The number of carbonyl (C=O) groups is 1. The summed E-state index contributed by atoms with van der Waals surface area (Å²) >= 11 is 1.67. The van der Waals surface area contributed by atoms with Gasteiger partial charge in [0.25, 0.3) is 0 Å². The zero-order valence-corrected chi connectivity index (χ0v) is 15.6. The van der Waals surface area contributed by atoms with Crippen LogP contribution in [0.15, 0.2) is 23.1 Å². The zero-order valence-electron chi connectivity index (χ0n) is 14.0. The van der Waals surface area contributed by atoms with Crippen molar-refractivity contribution >= 4 is 27.8 Å². The molecule has 2 N–H and O–H groups in total. The van der Waals surface area contributed by atoms with Crippen LogP contribution in [0.4, 0.5) is 9.18 Å². The lowest BCUT2D eigenvalue weighted by atomic mass is 10.0. The number of carbonyl (C=O) groups excluding carboxylic acids is 1. The van der Waals surface area contributed by atoms with Crippen LogP contribution in [0.25, 0.3) is 0 Å². The smallest absolute Gasteiger partial charge is 0.315 e. The van der Waals surface area contributed by atoms with Crippen LogP contribution in [0.3, 0.4) is 0 Å². The number of hydrogen-bond donors (Lipinski definition) is 2. The van der Waals surface area contributed by atoms with Crippen LogP contribution in [0.1, 0.15) is 30.9 Å². The van der Waals surface area contributed by atoms with Gasteiger partial charge in [-0.25, -0.2) is 21.9 Å². The molecule has 0 bridgehead atoms. The predicted octanol–water partition coefficient (Wildman–Crippen LogP) is 2.09. The third-order valence-electron chi connectivity index (χ3n) is 4.57. The third-order valence-corrected chi connectivity index (χ3v) is 7.00. The molecule has 2 aliphatic rings. The topological polar surface area (TPSA) is 78.5 Å². The quantitative estimate of drug-likeness (QED) is 0.832. The highest BCUT2D eigenvalue weighted by Gasteiger charge is 2.27. The fourth-order valence-corrected chi connectivity index (χ4v) is 5.21. The van der Waals surface area contributed by atoms with E-state index in [0.717, 1.165) is 22.6 Å². The molecule has 0 spiro atoms. The van der Waals surface area contributed by atoms with Gasteiger partial charge in [0.05, 0.1) is 12.3 Å². The number of fused-ring (bicyclic) bond motifs is 1. The fraction of sp³-hybridized carbons (Fsp3) is 0.562. The van der Waals surface area contributed by atoms with Crippen LogP contribution in [-0.4, -0.2) is 49.9 Å². The van der Waals surface area contributed by atoms with Gasteiger partial charge in [0.2, 0.25) is 10.0 Å². The van der Waals surface area contributed by atoms with Crippen molar-refractivity contribution in [2.24, 2.45) is 0 Å². The van der Waals surface area contributed by atoms with E-state index in [9.17, 15) is 17.6 Å². The van der Waals surface area contributed by atoms with Crippen LogP contribution in [0, 0.1) is 5.82 Å². The summed E-state index contributed by atoms with van der Waals surface area (Å²) in [5, 5.41) is 5.84. The van der Waals surface area contributed by atoms with E-state index in [2.05, 4.69) is 10.6 Å². The van der Waals surface area contributed by atoms with Gasteiger partial charge in [-0.2, -0.15) is 0 Å². The molecule has 0 aliphatic carbocycles. The molecule has 25 heavy (non-hydrogen) atoms. The molecule has 1 atom stereocenters. The van der Waals surface area contributed by atoms with Crippen molar-refractivity contribution in [2.45, 2.75) is 36.2 Å². The Labute approximate surface area is 151 Å². The number of rotatable bonds is 3. The van der Waals surface area contributed by atoms with Gasteiger partial charge < -0.3 is 10.6 Å². The number of piperidine rings is 1. The summed E-state index contributed by atoms with van der Waals surface area (Å²) in [7, 11) is -3.17. The maximum absolute atomic E-state index is 13.5. The van der Waals surface area contributed by atoms with Crippen molar-refractivity contribution in [1.82, 2.24) is 14.9 Å². The highest BCUT2D eigenvalue weighted by molar-refractivity contribution is 7.99. The Kier molecular flexibility index (Phi) is 5.55. The average molecular weight is 388 g/mol. The first kappa shape index (κ1) is 18.5. The second-order valence-electron chi connectivity index (χ2n) is 6.43. The lowest BCUT2D eigenvalue weighted by molar-refractivity contribution is 0.223. The Morgan fingerprint density at radius 3 is 2.64 bits per heavy atom. The first-order chi connectivity index (χ1) is 11.8. The summed E-state index contributed by atoms with van der Waals surface area (Å²) in [6, 6.07) is 4.12. The minimum absolute atomic E-state index is 0.0528. The summed E-state index contributed by atoms with van der Waals surface area (Å²) in [6.07, 6.45) is 3.13. The molecule has 9 heteroatoms. The zero-order chi connectivity index (χ0) is 18.0. The summed E-state index contributed by atoms with van der Waals surface area (Å²) in [5.41, 5.74) is 0.818. The highest BCUT2D eigenvalue weighted by Crippen LogP contribution is 2.36. The van der Waals surface area contributed by atoms with Gasteiger partial charge >= 0.3 is 6.03 Å². The van der Waals surface area contributed by atoms with E-state index >= 15 is 0 Å². The fourth-order valence-electron chi connectivity index (χ4n) is 3.23. The van der Waals surface area contributed by atoms with Crippen molar-refractivity contribution in [3.8, 4) is 0 Å². The van der Waals surface area contributed by atoms with Gasteiger partial charge in [0.15, 0.2) is 0 Å². The third kappa shape index (κ3) is 4.65. The number of benzene rings is 1. The number of amides is 2. The van der Waals surface area contributed by atoms with Gasteiger partial charge in [-0.3, -0.25) is 0 Å². The van der Waals surface area contributed by atoms with Crippen LogP contribution < -0.4 is 10.6 Å². The average Bonchev–Trinajstić information content (AvgIpc) is 2.55. The minimum atomic E-state index is -3.17. The van der Waals surface area contributed by atoms with Crippen molar-refractivity contribution in [2.75, 3.05) is 25.1 Å². The maximum Gasteiger partial charge on any atom is 0.315 e. The summed E-state index contributed by atoms with van der Waals surface area (Å²) in [6.45, 7) is 0.829. The van der Waals surface area contributed by atoms with Crippen molar-refractivity contribution in [3.05, 3.63) is 29.6 Å². The summed E-state index contributed by atoms with van der Waals surface area (Å²) in [5.74, 6) is 0.567. The second kappa shape index (κ2) is 7.51. The van der Waals surface area contributed by atoms with Crippen LogP contribution >= 0.6 is 11.8 Å². The molecule has 0 radical (unpaired) electrons. The van der Waals surface area contributed by atoms with Crippen LogP contribution in [0.2, 0.25) is 0 Å². The monoisotopic (exact) mass is 387 g/mol. The largest absolute Gasteiger partial charge is 0.335 e. The first-order valence-electron chi connectivity index (χ1n) is 8.27. The Bertz CT molecular complexity index is 749. The SMILES string of the molecule is CS(=O)(=O)N1CCC(NC(=O)NC2CCSc3ccc(F)cc32)CC1. The Hall–Kier alpha value is -1.32. The molecule has 6 nitrogen and oxygen atoms in total. The van der Waals surface area contributed by atoms with E-state index in [0.29, 0.717) is 25.9 Å². The van der Waals surface area contributed by atoms with E-state index in [4.69, 9.17) is 0 Å². The molecule has 2 heterocycles. The number of thioether (sulfide) groups is 1. The molecular weight excluding hydrogens is 365 g/mol. The van der Waals surface area contributed by atoms with Gasteiger partial charge in [0.1, 0.15) is 5.82 Å². The highest BCUT2D eigenvalue weighted by atomic mass is 32.2. The van der Waals surface area contributed by atoms with Crippen molar-refractivity contribution in [3.63, 3.8) is 0 Å². The molecule has 2 aliphatic heterocycles. The molecule has 1 aromatic carbocycles. The van der Waals surface area contributed by atoms with E-state index in [1.807, 2.05) is 0 Å². The second-order valence-corrected chi connectivity index (χ2v) is 9.55. The number of nitrogens with zero attached hydrogens (tertiary/aromatic N) is 1. The van der Waals surface area contributed by atoms with E-state index in [-0.39, 0.29) is 23.9 Å². The Balaban J connectivity index is 1.55. The molecule has 1 unspecified atom stereocenters. The molecule has 1 aromatic rings. The molecule has 0 saturated carbocycles. The van der Waals surface area contributed by atoms with Crippen LogP contribution in [0.5, 0.6) is 0 Å².